The van der Waals surface area contributed by atoms with E-state index in [0.717, 1.165) is 10.6 Å². The number of nitrogens with one attached hydrogen (secondary N) is 1. The molecule has 0 radical (unpaired) electrons. The van der Waals surface area contributed by atoms with Crippen LogP contribution in [-0.2, 0) is 9.53 Å². The van der Waals surface area contributed by atoms with Gasteiger partial charge in [-0.1, -0.05) is 0 Å². The van der Waals surface area contributed by atoms with Gasteiger partial charge in [0.25, 0.3) is 0 Å². The van der Waals surface area contributed by atoms with Crippen LogP contribution in [0.15, 0.2) is 23.1 Å². The molecule has 0 aromatic heterocycles. The fourth-order valence-corrected chi connectivity index (χ4v) is 2.64. The highest BCUT2D eigenvalue weighted by molar-refractivity contribution is 7.99. The summed E-state index contributed by atoms with van der Waals surface area (Å²) in [7, 11) is 0. The Labute approximate surface area is 148 Å². The van der Waals surface area contributed by atoms with E-state index in [1.165, 1.54) is 11.8 Å². The molecule has 0 bridgehead atoms. The second kappa shape index (κ2) is 7.92. The van der Waals surface area contributed by atoms with Gasteiger partial charge in [0.1, 0.15) is 6.61 Å². The monoisotopic (exact) mass is 353 g/mol. The van der Waals surface area contributed by atoms with Crippen LogP contribution in [0.2, 0.25) is 0 Å². The van der Waals surface area contributed by atoms with Crippen LogP contribution in [0.4, 0.5) is 5.69 Å². The van der Waals surface area contributed by atoms with Gasteiger partial charge >= 0.3 is 11.9 Å². The van der Waals surface area contributed by atoms with E-state index in [4.69, 9.17) is 4.74 Å². The number of rotatable bonds is 6. The van der Waals surface area contributed by atoms with Gasteiger partial charge in [0.05, 0.1) is 11.0 Å². The number of hydrogen-bond donors (Lipinski definition) is 2. The molecule has 0 fully saturated rings. The molecular formula is C18H27NO4S. The highest BCUT2D eigenvalue weighted by Crippen LogP contribution is 2.26. The van der Waals surface area contributed by atoms with Crippen molar-refractivity contribution in [1.82, 2.24) is 0 Å². The quantitative estimate of drug-likeness (QED) is 0.452. The van der Waals surface area contributed by atoms with Gasteiger partial charge in [-0.3, -0.25) is 4.79 Å². The van der Waals surface area contributed by atoms with Crippen LogP contribution in [0.5, 0.6) is 0 Å². The lowest BCUT2D eigenvalue weighted by molar-refractivity contribution is -0.152. The zero-order chi connectivity index (χ0) is 18.5. The molecule has 134 valence electrons. The molecule has 0 unspecified atom stereocenters. The van der Waals surface area contributed by atoms with Gasteiger partial charge < -0.3 is 15.2 Å². The van der Waals surface area contributed by atoms with E-state index in [1.54, 1.807) is 12.1 Å². The maximum atomic E-state index is 11.7. The average molecular weight is 353 g/mol. The second-order valence-electron chi connectivity index (χ2n) is 7.66. The maximum absolute atomic E-state index is 11.7. The van der Waals surface area contributed by atoms with Gasteiger partial charge in [-0.2, -0.15) is 0 Å². The maximum Gasteiger partial charge on any atom is 0.335 e. The summed E-state index contributed by atoms with van der Waals surface area (Å²) in [5.41, 5.74) is 0.314. The van der Waals surface area contributed by atoms with Crippen molar-refractivity contribution >= 4 is 29.4 Å². The van der Waals surface area contributed by atoms with Gasteiger partial charge in [-0.15, -0.1) is 11.8 Å². The molecule has 0 aliphatic carbocycles. The number of carboxylic acids is 1. The Kier molecular flexibility index (Phi) is 6.72. The first-order chi connectivity index (χ1) is 10.9. The van der Waals surface area contributed by atoms with Crippen molar-refractivity contribution in [2.75, 3.05) is 17.7 Å². The van der Waals surface area contributed by atoms with Crippen LogP contribution in [0.1, 0.15) is 51.9 Å². The number of anilines is 1. The molecule has 6 heteroatoms. The zero-order valence-corrected chi connectivity index (χ0v) is 16.0. The third-order valence-electron chi connectivity index (χ3n) is 2.87. The SMILES string of the molecule is CC(C)(C)Nc1cc(SCCOC(=O)C(C)(C)C)cc(C(=O)O)c1. The van der Waals surface area contributed by atoms with Crippen LogP contribution < -0.4 is 5.32 Å². The molecule has 0 atom stereocenters. The van der Waals surface area contributed by atoms with E-state index < -0.39 is 11.4 Å². The number of carboxylic acid groups (broad SMARTS) is 1. The number of thioether (sulfide) groups is 1. The Morgan fingerprint density at radius 1 is 1.12 bits per heavy atom. The van der Waals surface area contributed by atoms with E-state index in [-0.39, 0.29) is 17.1 Å². The first-order valence-electron chi connectivity index (χ1n) is 7.85. The summed E-state index contributed by atoms with van der Waals surface area (Å²) in [6.45, 7) is 11.8. The van der Waals surface area contributed by atoms with Crippen LogP contribution in [0, 0.1) is 5.41 Å². The number of carbonyl (C=O) groups is 2. The summed E-state index contributed by atoms with van der Waals surface area (Å²) in [4.78, 5) is 23.8. The van der Waals surface area contributed by atoms with Crippen molar-refractivity contribution in [2.45, 2.75) is 52.0 Å². The Hall–Kier alpha value is -1.69. The summed E-state index contributed by atoms with van der Waals surface area (Å²) in [6, 6.07) is 5.16. The molecule has 24 heavy (non-hydrogen) atoms. The number of hydrogen-bond acceptors (Lipinski definition) is 5. The molecule has 0 aliphatic rings. The summed E-state index contributed by atoms with van der Waals surface area (Å²) in [5.74, 6) is -0.633. The molecule has 1 rings (SSSR count). The van der Waals surface area contributed by atoms with Crippen LogP contribution in [0.3, 0.4) is 0 Å². The van der Waals surface area contributed by atoms with Crippen LogP contribution in [0.25, 0.3) is 0 Å². The lowest BCUT2D eigenvalue weighted by Crippen LogP contribution is -2.26. The Morgan fingerprint density at radius 3 is 2.25 bits per heavy atom. The molecule has 5 nitrogen and oxygen atoms in total. The summed E-state index contributed by atoms with van der Waals surface area (Å²) in [6.07, 6.45) is 0. The van der Waals surface area contributed by atoms with E-state index in [1.807, 2.05) is 47.6 Å². The third-order valence-corrected chi connectivity index (χ3v) is 3.81. The summed E-state index contributed by atoms with van der Waals surface area (Å²) >= 11 is 1.46. The number of carbonyl (C=O) groups excluding carboxylic acids is 1. The average Bonchev–Trinajstić information content (AvgIpc) is 2.40. The Bertz CT molecular complexity index is 600. The number of ether oxygens (including phenoxy) is 1. The van der Waals surface area contributed by atoms with E-state index in [9.17, 15) is 14.7 Å². The normalized spacial score (nSPS) is 11.9. The predicted molar refractivity (Wildman–Crippen MR) is 97.9 cm³/mol. The van der Waals surface area contributed by atoms with Gasteiger partial charge in [-0.25, -0.2) is 4.79 Å². The Morgan fingerprint density at radius 2 is 1.75 bits per heavy atom. The largest absolute Gasteiger partial charge is 0.478 e. The minimum Gasteiger partial charge on any atom is -0.478 e. The topological polar surface area (TPSA) is 75.6 Å². The van der Waals surface area contributed by atoms with E-state index >= 15 is 0 Å². The van der Waals surface area contributed by atoms with Crippen molar-refractivity contribution in [2.24, 2.45) is 5.41 Å². The van der Waals surface area contributed by atoms with Crippen molar-refractivity contribution < 1.29 is 19.4 Å². The van der Waals surface area contributed by atoms with Gasteiger partial charge in [0.15, 0.2) is 0 Å². The molecule has 0 saturated heterocycles. The van der Waals surface area contributed by atoms with Gasteiger partial charge in [0.2, 0.25) is 0 Å². The minimum atomic E-state index is -0.964. The molecule has 0 saturated carbocycles. The smallest absolute Gasteiger partial charge is 0.335 e. The van der Waals surface area contributed by atoms with Crippen molar-refractivity contribution in [3.63, 3.8) is 0 Å². The van der Waals surface area contributed by atoms with E-state index in [2.05, 4.69) is 5.32 Å². The first-order valence-corrected chi connectivity index (χ1v) is 8.84. The minimum absolute atomic E-state index is 0.165. The van der Waals surface area contributed by atoms with Crippen molar-refractivity contribution in [3.05, 3.63) is 23.8 Å². The molecular weight excluding hydrogens is 326 g/mol. The summed E-state index contributed by atoms with van der Waals surface area (Å²) in [5, 5.41) is 12.5. The fourth-order valence-electron chi connectivity index (χ4n) is 1.82. The number of benzene rings is 1. The molecule has 1 aromatic carbocycles. The molecule has 0 spiro atoms. The molecule has 0 aliphatic heterocycles. The second-order valence-corrected chi connectivity index (χ2v) is 8.83. The highest BCUT2D eigenvalue weighted by Gasteiger charge is 2.22. The van der Waals surface area contributed by atoms with E-state index in [0.29, 0.717) is 12.4 Å². The molecule has 1 aromatic rings. The number of esters is 1. The zero-order valence-electron chi connectivity index (χ0n) is 15.2. The molecule has 2 N–H and O–H groups in total. The van der Waals surface area contributed by atoms with Crippen molar-refractivity contribution in [3.8, 4) is 0 Å². The molecule has 0 amide bonds. The fraction of sp³-hybridized carbons (Fsp3) is 0.556. The standard InChI is InChI=1S/C18H27NO4S/c1-17(2,3)16(22)23-7-8-24-14-10-12(15(20)21)9-13(11-14)19-18(4,5)6/h9-11,19H,7-8H2,1-6H3,(H,20,21). The lowest BCUT2D eigenvalue weighted by Gasteiger charge is -2.23. The highest BCUT2D eigenvalue weighted by atomic mass is 32.2. The van der Waals surface area contributed by atoms with Crippen LogP contribution in [-0.4, -0.2) is 34.9 Å². The van der Waals surface area contributed by atoms with Crippen molar-refractivity contribution in [1.29, 1.82) is 0 Å². The van der Waals surface area contributed by atoms with Crippen LogP contribution >= 0.6 is 11.8 Å². The lowest BCUT2D eigenvalue weighted by atomic mass is 9.97. The van der Waals surface area contributed by atoms with Gasteiger partial charge in [0, 0.05) is 21.9 Å². The third kappa shape index (κ3) is 7.25. The predicted octanol–water partition coefficient (Wildman–Crippen LogP) is 4.28. The Balaban J connectivity index is 2.73. The summed E-state index contributed by atoms with van der Waals surface area (Å²) < 4.78 is 5.22. The molecule has 0 heterocycles. The number of aromatic carboxylic acids is 1. The van der Waals surface area contributed by atoms with Gasteiger partial charge in [-0.05, 0) is 59.7 Å². The first kappa shape index (κ1) is 20.4.